The maximum Gasteiger partial charge on any atom is 0.433 e. The molecule has 3 heterocycles. The lowest BCUT2D eigenvalue weighted by atomic mass is 10.1. The minimum absolute atomic E-state index is 0.0613. The summed E-state index contributed by atoms with van der Waals surface area (Å²) < 4.78 is 39.4. The number of benzene rings is 1. The van der Waals surface area contributed by atoms with E-state index in [0.717, 1.165) is 34.6 Å². The Bertz CT molecular complexity index is 1230. The molecule has 2 N–H and O–H groups in total. The van der Waals surface area contributed by atoms with Crippen LogP contribution in [0.25, 0.3) is 11.1 Å². The molecule has 4 aromatic rings. The van der Waals surface area contributed by atoms with E-state index in [4.69, 9.17) is 0 Å². The van der Waals surface area contributed by atoms with Gasteiger partial charge in [0.15, 0.2) is 0 Å². The summed E-state index contributed by atoms with van der Waals surface area (Å²) in [6, 6.07) is 9.27. The van der Waals surface area contributed by atoms with Gasteiger partial charge in [-0.2, -0.15) is 18.3 Å². The van der Waals surface area contributed by atoms with Crippen LogP contribution in [0.4, 0.5) is 30.5 Å². The Balaban J connectivity index is 1.34. The zero-order chi connectivity index (χ0) is 23.4. The average Bonchev–Trinajstić information content (AvgIpc) is 3.19. The minimum atomic E-state index is -4.52. The van der Waals surface area contributed by atoms with Gasteiger partial charge >= 0.3 is 6.18 Å². The molecule has 1 amide bonds. The van der Waals surface area contributed by atoms with Crippen molar-refractivity contribution >= 4 is 23.2 Å². The minimum Gasteiger partial charge on any atom is -0.324 e. The van der Waals surface area contributed by atoms with Gasteiger partial charge in [-0.15, -0.1) is 0 Å². The van der Waals surface area contributed by atoms with Crippen LogP contribution in [0.1, 0.15) is 11.3 Å². The standard InChI is InChI=1S/C22H18F3N7O/c1-32-13-18(12-29-32)31-21-27-9-16(10-28-21)15-4-2-14(3-5-15)8-20(33)30-17-6-7-19(26-11-17)22(23,24)25/h2-7,9-13H,8H2,1H3,(H,30,33)(H,27,28,31). The number of halogens is 3. The molecule has 0 saturated carbocycles. The molecule has 0 atom stereocenters. The van der Waals surface area contributed by atoms with Crippen LogP contribution in [0.3, 0.4) is 0 Å². The summed E-state index contributed by atoms with van der Waals surface area (Å²) in [5.74, 6) is 0.0799. The fraction of sp³-hybridized carbons (Fsp3) is 0.136. The quantitative estimate of drug-likeness (QED) is 0.454. The Morgan fingerprint density at radius 2 is 1.64 bits per heavy atom. The van der Waals surface area contributed by atoms with Gasteiger partial charge in [0.2, 0.25) is 11.9 Å². The van der Waals surface area contributed by atoms with E-state index < -0.39 is 11.9 Å². The van der Waals surface area contributed by atoms with E-state index in [9.17, 15) is 18.0 Å². The molecular formula is C22H18F3N7O. The molecule has 11 heteroatoms. The van der Waals surface area contributed by atoms with Crippen molar-refractivity contribution in [3.05, 3.63) is 78.6 Å². The molecule has 0 aliphatic rings. The molecule has 3 aromatic heterocycles. The van der Waals surface area contributed by atoms with Crippen LogP contribution >= 0.6 is 0 Å². The number of pyridine rings is 1. The number of rotatable bonds is 6. The molecule has 0 aliphatic carbocycles. The second-order valence-corrected chi connectivity index (χ2v) is 7.17. The number of amides is 1. The van der Waals surface area contributed by atoms with Crippen molar-refractivity contribution in [1.82, 2.24) is 24.7 Å². The predicted octanol–water partition coefficient (Wildman–Crippen LogP) is 4.22. The Morgan fingerprint density at radius 3 is 2.21 bits per heavy atom. The average molecular weight is 453 g/mol. The third-order valence-corrected chi connectivity index (χ3v) is 4.60. The van der Waals surface area contributed by atoms with E-state index in [-0.39, 0.29) is 18.0 Å². The predicted molar refractivity (Wildman–Crippen MR) is 116 cm³/mol. The second kappa shape index (κ2) is 9.07. The van der Waals surface area contributed by atoms with Gasteiger partial charge < -0.3 is 10.6 Å². The Hall–Kier alpha value is -4.28. The molecular weight excluding hydrogens is 435 g/mol. The van der Waals surface area contributed by atoms with Gasteiger partial charge in [0.05, 0.1) is 30.2 Å². The molecule has 0 aliphatic heterocycles. The lowest BCUT2D eigenvalue weighted by Gasteiger charge is -2.08. The van der Waals surface area contributed by atoms with Gasteiger partial charge in [-0.3, -0.25) is 9.48 Å². The van der Waals surface area contributed by atoms with Gasteiger partial charge in [0.25, 0.3) is 0 Å². The second-order valence-electron chi connectivity index (χ2n) is 7.17. The first-order valence-electron chi connectivity index (χ1n) is 9.76. The lowest BCUT2D eigenvalue weighted by molar-refractivity contribution is -0.141. The van der Waals surface area contributed by atoms with Crippen LogP contribution in [0.2, 0.25) is 0 Å². The zero-order valence-electron chi connectivity index (χ0n) is 17.3. The summed E-state index contributed by atoms with van der Waals surface area (Å²) in [5.41, 5.74) is 2.38. The number of aryl methyl sites for hydroxylation is 1. The molecule has 4 rings (SSSR count). The fourth-order valence-corrected chi connectivity index (χ4v) is 3.00. The number of nitrogens with zero attached hydrogens (tertiary/aromatic N) is 5. The molecule has 0 radical (unpaired) electrons. The van der Waals surface area contributed by atoms with Crippen LogP contribution in [0.5, 0.6) is 0 Å². The zero-order valence-corrected chi connectivity index (χ0v) is 17.3. The van der Waals surface area contributed by atoms with Crippen LogP contribution in [0.15, 0.2) is 67.4 Å². The monoisotopic (exact) mass is 453 g/mol. The van der Waals surface area contributed by atoms with E-state index in [0.29, 0.717) is 5.95 Å². The summed E-state index contributed by atoms with van der Waals surface area (Å²) in [6.45, 7) is 0. The van der Waals surface area contributed by atoms with Crippen molar-refractivity contribution in [3.63, 3.8) is 0 Å². The summed E-state index contributed by atoms with van der Waals surface area (Å²) >= 11 is 0. The summed E-state index contributed by atoms with van der Waals surface area (Å²) in [7, 11) is 1.81. The van der Waals surface area contributed by atoms with Crippen molar-refractivity contribution in [1.29, 1.82) is 0 Å². The molecule has 33 heavy (non-hydrogen) atoms. The fourth-order valence-electron chi connectivity index (χ4n) is 3.00. The highest BCUT2D eigenvalue weighted by molar-refractivity contribution is 5.92. The Labute approximate surface area is 186 Å². The normalized spacial score (nSPS) is 11.3. The SMILES string of the molecule is Cn1cc(Nc2ncc(-c3ccc(CC(=O)Nc4ccc(C(F)(F)F)nc4)cc3)cn2)cn1. The third kappa shape index (κ3) is 5.70. The van der Waals surface area contributed by atoms with Gasteiger partial charge in [-0.1, -0.05) is 24.3 Å². The first-order chi connectivity index (χ1) is 15.8. The topological polar surface area (TPSA) is 97.6 Å². The largest absolute Gasteiger partial charge is 0.433 e. The van der Waals surface area contributed by atoms with E-state index in [1.807, 2.05) is 19.2 Å². The highest BCUT2D eigenvalue weighted by atomic mass is 19.4. The molecule has 0 saturated heterocycles. The van der Waals surface area contributed by atoms with Gasteiger partial charge in [-0.05, 0) is 23.3 Å². The summed E-state index contributed by atoms with van der Waals surface area (Å²) in [5, 5.41) is 9.66. The number of carbonyl (C=O) groups is 1. The Kier molecular flexibility index (Phi) is 6.03. The summed E-state index contributed by atoms with van der Waals surface area (Å²) in [4.78, 5) is 24.1. The van der Waals surface area contributed by atoms with Crippen LogP contribution in [-0.2, 0) is 24.4 Å². The van der Waals surface area contributed by atoms with Crippen molar-refractivity contribution in [2.45, 2.75) is 12.6 Å². The van der Waals surface area contributed by atoms with Gasteiger partial charge in [0.1, 0.15) is 5.69 Å². The molecule has 8 nitrogen and oxygen atoms in total. The van der Waals surface area contributed by atoms with Crippen molar-refractivity contribution in [3.8, 4) is 11.1 Å². The number of anilines is 3. The number of alkyl halides is 3. The molecule has 0 spiro atoms. The first-order valence-corrected chi connectivity index (χ1v) is 9.76. The third-order valence-electron chi connectivity index (χ3n) is 4.60. The molecule has 168 valence electrons. The highest BCUT2D eigenvalue weighted by Gasteiger charge is 2.32. The number of hydrogen-bond acceptors (Lipinski definition) is 6. The highest BCUT2D eigenvalue weighted by Crippen LogP contribution is 2.28. The first kappa shape index (κ1) is 21.9. The van der Waals surface area contributed by atoms with Crippen LogP contribution in [0, 0.1) is 0 Å². The number of hydrogen-bond donors (Lipinski definition) is 2. The maximum atomic E-state index is 12.6. The van der Waals surface area contributed by atoms with E-state index in [1.54, 1.807) is 41.6 Å². The number of carbonyl (C=O) groups excluding carboxylic acids is 1. The molecule has 0 fully saturated rings. The van der Waals surface area contributed by atoms with E-state index in [1.165, 1.54) is 6.07 Å². The van der Waals surface area contributed by atoms with Crippen molar-refractivity contribution in [2.24, 2.45) is 7.05 Å². The number of nitrogens with one attached hydrogen (secondary N) is 2. The van der Waals surface area contributed by atoms with Crippen LogP contribution in [-0.4, -0.2) is 30.6 Å². The lowest BCUT2D eigenvalue weighted by Crippen LogP contribution is -2.15. The smallest absolute Gasteiger partial charge is 0.324 e. The molecule has 1 aromatic carbocycles. The van der Waals surface area contributed by atoms with Crippen molar-refractivity contribution in [2.75, 3.05) is 10.6 Å². The van der Waals surface area contributed by atoms with E-state index in [2.05, 4.69) is 30.7 Å². The Morgan fingerprint density at radius 1 is 0.909 bits per heavy atom. The van der Waals surface area contributed by atoms with Crippen molar-refractivity contribution < 1.29 is 18.0 Å². The maximum absolute atomic E-state index is 12.6. The molecule has 0 bridgehead atoms. The van der Waals surface area contributed by atoms with Gasteiger partial charge in [0, 0.05) is 31.2 Å². The summed E-state index contributed by atoms with van der Waals surface area (Å²) in [6.07, 6.45) is 3.37. The molecule has 0 unspecified atom stereocenters. The number of aromatic nitrogens is 5. The van der Waals surface area contributed by atoms with E-state index >= 15 is 0 Å². The van der Waals surface area contributed by atoms with Crippen LogP contribution < -0.4 is 10.6 Å². The van der Waals surface area contributed by atoms with Gasteiger partial charge in [-0.25, -0.2) is 15.0 Å².